The highest BCUT2D eigenvalue weighted by atomic mass is 16.2. The van der Waals surface area contributed by atoms with Crippen LogP contribution in [0.4, 0.5) is 10.5 Å². The predicted molar refractivity (Wildman–Crippen MR) is 107 cm³/mol. The monoisotopic (exact) mass is 363 g/mol. The molecule has 1 aliphatic heterocycles. The van der Waals surface area contributed by atoms with E-state index in [9.17, 15) is 9.59 Å². The topological polar surface area (TPSA) is 52.7 Å². The number of benzene rings is 2. The lowest BCUT2D eigenvalue weighted by molar-refractivity contribution is -0.121. The van der Waals surface area contributed by atoms with Gasteiger partial charge in [0.1, 0.15) is 0 Å². The Morgan fingerprint density at radius 2 is 1.85 bits per heavy atom. The predicted octanol–water partition coefficient (Wildman–Crippen LogP) is 3.59. The third-order valence-electron chi connectivity index (χ3n) is 5.51. The van der Waals surface area contributed by atoms with E-state index in [1.54, 1.807) is 23.9 Å². The summed E-state index contributed by atoms with van der Waals surface area (Å²) in [6, 6.07) is 14.5. The van der Waals surface area contributed by atoms with Gasteiger partial charge in [0, 0.05) is 32.9 Å². The van der Waals surface area contributed by atoms with Gasteiger partial charge in [-0.25, -0.2) is 4.79 Å². The molecule has 1 fully saturated rings. The van der Waals surface area contributed by atoms with Gasteiger partial charge >= 0.3 is 6.03 Å². The van der Waals surface area contributed by atoms with Crippen molar-refractivity contribution in [2.75, 3.05) is 32.5 Å². The van der Waals surface area contributed by atoms with Gasteiger partial charge in [0.15, 0.2) is 0 Å². The number of amides is 3. The summed E-state index contributed by atoms with van der Waals surface area (Å²) in [5, 5.41) is 3.07. The maximum absolute atomic E-state index is 12.8. The van der Waals surface area contributed by atoms with E-state index < -0.39 is 0 Å². The molecule has 1 N–H and O–H groups in total. The molecule has 5 heteroatoms. The van der Waals surface area contributed by atoms with Crippen molar-refractivity contribution >= 4 is 17.6 Å². The first-order chi connectivity index (χ1) is 13.0. The number of likely N-dealkylation sites (tertiary alicyclic amines) is 1. The molecule has 5 nitrogen and oxygen atoms in total. The summed E-state index contributed by atoms with van der Waals surface area (Å²) in [5.41, 5.74) is 5.92. The number of carbonyl (C=O) groups excluding carboxylic acids is 2. The molecule has 140 valence electrons. The minimum Gasteiger partial charge on any atom is -0.331 e. The fraction of sp³-hybridized carbons (Fsp3) is 0.364. The number of fused-ring (bicyclic) bond motifs is 3. The molecule has 1 heterocycles. The maximum Gasteiger partial charge on any atom is 0.319 e. The zero-order chi connectivity index (χ0) is 19.0. The quantitative estimate of drug-likeness (QED) is 0.756. The minimum absolute atomic E-state index is 0.00233. The molecule has 2 aliphatic rings. The van der Waals surface area contributed by atoms with Crippen LogP contribution in [0.1, 0.15) is 24.0 Å². The molecule has 0 bridgehead atoms. The number of piperidine rings is 1. The average molecular weight is 363 g/mol. The first-order valence-corrected chi connectivity index (χ1v) is 9.51. The third kappa shape index (κ3) is 3.42. The Balaban J connectivity index is 1.47. The first-order valence-electron chi connectivity index (χ1n) is 9.51. The Kier molecular flexibility index (Phi) is 4.60. The molecule has 3 amide bonds. The summed E-state index contributed by atoms with van der Waals surface area (Å²) in [7, 11) is 3.49. The highest BCUT2D eigenvalue weighted by Crippen LogP contribution is 2.37. The molecule has 2 aromatic rings. The number of urea groups is 1. The molecule has 0 spiro atoms. The summed E-state index contributed by atoms with van der Waals surface area (Å²) < 4.78 is 0. The van der Waals surface area contributed by atoms with Crippen LogP contribution >= 0.6 is 0 Å². The van der Waals surface area contributed by atoms with E-state index >= 15 is 0 Å². The summed E-state index contributed by atoms with van der Waals surface area (Å²) in [4.78, 5) is 28.3. The molecule has 1 aliphatic carbocycles. The summed E-state index contributed by atoms with van der Waals surface area (Å²) in [6.07, 6.45) is 2.62. The van der Waals surface area contributed by atoms with Crippen LogP contribution in [0.5, 0.6) is 0 Å². The highest BCUT2D eigenvalue weighted by Gasteiger charge is 2.29. The zero-order valence-corrected chi connectivity index (χ0v) is 15.9. The van der Waals surface area contributed by atoms with Gasteiger partial charge in [-0.15, -0.1) is 0 Å². The Labute approximate surface area is 160 Å². The van der Waals surface area contributed by atoms with Gasteiger partial charge in [-0.05, 0) is 53.6 Å². The Hall–Kier alpha value is -2.82. The second-order valence-electron chi connectivity index (χ2n) is 7.66. The molecule has 0 radical (unpaired) electrons. The van der Waals surface area contributed by atoms with Crippen LogP contribution in [0.15, 0.2) is 42.5 Å². The molecule has 27 heavy (non-hydrogen) atoms. The van der Waals surface area contributed by atoms with E-state index in [0.717, 1.165) is 31.5 Å². The van der Waals surface area contributed by atoms with Crippen LogP contribution in [-0.4, -0.2) is 48.9 Å². The fourth-order valence-corrected chi connectivity index (χ4v) is 4.09. The number of nitrogens with one attached hydrogen (secondary N) is 1. The number of anilines is 1. The van der Waals surface area contributed by atoms with Crippen LogP contribution in [0.25, 0.3) is 11.1 Å². The number of carbonyl (C=O) groups is 2. The van der Waals surface area contributed by atoms with Gasteiger partial charge < -0.3 is 15.1 Å². The van der Waals surface area contributed by atoms with Gasteiger partial charge in [0.2, 0.25) is 5.91 Å². The summed E-state index contributed by atoms with van der Waals surface area (Å²) in [6.45, 7) is 1.20. The third-order valence-corrected chi connectivity index (χ3v) is 5.51. The van der Waals surface area contributed by atoms with Crippen LogP contribution < -0.4 is 5.32 Å². The second-order valence-corrected chi connectivity index (χ2v) is 7.66. The number of nitrogens with zero attached hydrogens (tertiary/aromatic N) is 2. The smallest absolute Gasteiger partial charge is 0.319 e. The van der Waals surface area contributed by atoms with Crippen molar-refractivity contribution in [2.45, 2.75) is 19.3 Å². The number of hydrogen-bond donors (Lipinski definition) is 1. The lowest BCUT2D eigenvalue weighted by atomic mass is 9.97. The van der Waals surface area contributed by atoms with Crippen molar-refractivity contribution in [3.05, 3.63) is 53.6 Å². The standard InChI is InChI=1S/C22H25N3O2/c1-24(2)22(27)25-11-5-7-17(14-25)21(26)23-18-10-9-16-12-15-6-3-4-8-19(15)20(16)13-18/h3-4,6,8-10,13,17H,5,7,11-12,14H2,1-2H3,(H,23,26). The van der Waals surface area contributed by atoms with Gasteiger partial charge in [-0.3, -0.25) is 4.79 Å². The Bertz CT molecular complexity index is 891. The van der Waals surface area contributed by atoms with Gasteiger partial charge in [-0.1, -0.05) is 30.3 Å². The van der Waals surface area contributed by atoms with E-state index in [4.69, 9.17) is 0 Å². The SMILES string of the molecule is CN(C)C(=O)N1CCCC(C(=O)Nc2ccc3c(c2)-c2ccccc2C3)C1. The molecule has 1 saturated heterocycles. The Morgan fingerprint density at radius 3 is 2.67 bits per heavy atom. The lowest BCUT2D eigenvalue weighted by Crippen LogP contribution is -2.47. The minimum atomic E-state index is -0.164. The van der Waals surface area contributed by atoms with E-state index in [-0.39, 0.29) is 17.9 Å². The summed E-state index contributed by atoms with van der Waals surface area (Å²) in [5.74, 6) is -0.166. The number of rotatable bonds is 2. The molecule has 2 aromatic carbocycles. The van der Waals surface area contributed by atoms with E-state index in [1.807, 2.05) is 6.07 Å². The lowest BCUT2D eigenvalue weighted by Gasteiger charge is -2.33. The van der Waals surface area contributed by atoms with Gasteiger partial charge in [0.05, 0.1) is 5.92 Å². The van der Waals surface area contributed by atoms with E-state index in [1.165, 1.54) is 22.3 Å². The van der Waals surface area contributed by atoms with Crippen molar-refractivity contribution < 1.29 is 9.59 Å². The number of hydrogen-bond acceptors (Lipinski definition) is 2. The highest BCUT2D eigenvalue weighted by molar-refractivity contribution is 5.94. The normalized spacial score (nSPS) is 17.9. The Morgan fingerprint density at radius 1 is 1.07 bits per heavy atom. The molecule has 0 aromatic heterocycles. The second kappa shape index (κ2) is 7.06. The van der Waals surface area contributed by atoms with Crippen LogP contribution in [0.2, 0.25) is 0 Å². The van der Waals surface area contributed by atoms with Gasteiger partial charge in [-0.2, -0.15) is 0 Å². The zero-order valence-electron chi connectivity index (χ0n) is 15.9. The fourth-order valence-electron chi connectivity index (χ4n) is 4.09. The molecule has 1 unspecified atom stereocenters. The molecule has 4 rings (SSSR count). The van der Waals surface area contributed by atoms with Crippen molar-refractivity contribution in [1.82, 2.24) is 9.80 Å². The van der Waals surface area contributed by atoms with Crippen LogP contribution in [-0.2, 0) is 11.2 Å². The molecular weight excluding hydrogens is 338 g/mol. The van der Waals surface area contributed by atoms with E-state index in [2.05, 4.69) is 41.7 Å². The molecular formula is C22H25N3O2. The molecule has 0 saturated carbocycles. The van der Waals surface area contributed by atoms with Gasteiger partial charge in [0.25, 0.3) is 0 Å². The van der Waals surface area contributed by atoms with E-state index in [0.29, 0.717) is 6.54 Å². The van der Waals surface area contributed by atoms with Crippen molar-refractivity contribution in [3.8, 4) is 11.1 Å². The first kappa shape index (κ1) is 17.6. The van der Waals surface area contributed by atoms with Crippen LogP contribution in [0, 0.1) is 5.92 Å². The largest absolute Gasteiger partial charge is 0.331 e. The van der Waals surface area contributed by atoms with Crippen molar-refractivity contribution in [1.29, 1.82) is 0 Å². The average Bonchev–Trinajstić information content (AvgIpc) is 3.05. The van der Waals surface area contributed by atoms with Crippen molar-refractivity contribution in [3.63, 3.8) is 0 Å². The van der Waals surface area contributed by atoms with Crippen molar-refractivity contribution in [2.24, 2.45) is 5.92 Å². The maximum atomic E-state index is 12.8. The molecule has 1 atom stereocenters. The van der Waals surface area contributed by atoms with Crippen LogP contribution in [0.3, 0.4) is 0 Å². The summed E-state index contributed by atoms with van der Waals surface area (Å²) >= 11 is 0.